The fourth-order valence-corrected chi connectivity index (χ4v) is 3.38. The van der Waals surface area contributed by atoms with Crippen LogP contribution in [0.1, 0.15) is 18.9 Å². The molecule has 1 saturated heterocycles. The molecule has 2 amide bonds. The number of benzene rings is 1. The fraction of sp³-hybridized carbons (Fsp3) is 0.529. The lowest BCUT2D eigenvalue weighted by Crippen LogP contribution is -2.53. The van der Waals surface area contributed by atoms with Crippen molar-refractivity contribution in [2.75, 3.05) is 19.7 Å². The number of amides is 2. The Labute approximate surface area is 135 Å². The number of para-hydroxylation sites is 1. The van der Waals surface area contributed by atoms with Crippen molar-refractivity contribution in [3.05, 3.63) is 29.8 Å². The average Bonchev–Trinajstić information content (AvgIpc) is 2.54. The fourth-order valence-electron chi connectivity index (χ4n) is 3.38. The number of carbonyl (C=O) groups is 2. The van der Waals surface area contributed by atoms with E-state index in [1.54, 1.807) is 4.90 Å². The Balaban J connectivity index is 1.60. The van der Waals surface area contributed by atoms with E-state index in [0.29, 0.717) is 19.6 Å². The van der Waals surface area contributed by atoms with Crippen LogP contribution in [0.15, 0.2) is 24.3 Å². The molecule has 2 heterocycles. The van der Waals surface area contributed by atoms with Crippen LogP contribution in [-0.2, 0) is 11.2 Å². The van der Waals surface area contributed by atoms with Crippen LogP contribution in [0.3, 0.4) is 0 Å². The predicted molar refractivity (Wildman–Crippen MR) is 84.4 cm³/mol. The molecular weight excluding hydrogens is 296 g/mol. The summed E-state index contributed by atoms with van der Waals surface area (Å²) in [6.45, 7) is 3.29. The Morgan fingerprint density at radius 3 is 2.87 bits per heavy atom. The molecule has 0 aliphatic carbocycles. The second-order valence-corrected chi connectivity index (χ2v) is 6.55. The van der Waals surface area contributed by atoms with Crippen molar-refractivity contribution in [3.8, 4) is 5.75 Å². The molecule has 0 aromatic heterocycles. The van der Waals surface area contributed by atoms with Gasteiger partial charge in [-0.25, -0.2) is 4.79 Å². The second-order valence-electron chi connectivity index (χ2n) is 6.55. The molecule has 6 nitrogen and oxygen atoms in total. The summed E-state index contributed by atoms with van der Waals surface area (Å²) in [7, 11) is 0. The van der Waals surface area contributed by atoms with Gasteiger partial charge in [0.05, 0.1) is 12.0 Å². The summed E-state index contributed by atoms with van der Waals surface area (Å²) in [5, 5.41) is 12.2. The Hall–Kier alpha value is -2.24. The van der Waals surface area contributed by atoms with Crippen molar-refractivity contribution in [2.45, 2.75) is 25.8 Å². The third kappa shape index (κ3) is 3.57. The highest BCUT2D eigenvalue weighted by Crippen LogP contribution is 2.25. The van der Waals surface area contributed by atoms with Gasteiger partial charge in [-0.2, -0.15) is 0 Å². The minimum atomic E-state index is -0.829. The third-order valence-electron chi connectivity index (χ3n) is 4.50. The SMILES string of the molecule is CC1CC(C(=O)O)CN(C(=O)NC2COc3ccccc3C2)C1. The van der Waals surface area contributed by atoms with E-state index in [1.807, 2.05) is 31.2 Å². The molecule has 6 heteroatoms. The van der Waals surface area contributed by atoms with Gasteiger partial charge in [-0.3, -0.25) is 4.79 Å². The first-order chi connectivity index (χ1) is 11.0. The number of ether oxygens (including phenoxy) is 1. The maximum atomic E-state index is 12.5. The van der Waals surface area contributed by atoms with Crippen molar-refractivity contribution in [3.63, 3.8) is 0 Å². The van der Waals surface area contributed by atoms with Gasteiger partial charge >= 0.3 is 12.0 Å². The van der Waals surface area contributed by atoms with Gasteiger partial charge in [0.1, 0.15) is 12.4 Å². The molecule has 3 unspecified atom stereocenters. The minimum absolute atomic E-state index is 0.0853. The topological polar surface area (TPSA) is 78.9 Å². The molecule has 1 aromatic rings. The number of carboxylic acid groups (broad SMARTS) is 1. The van der Waals surface area contributed by atoms with Gasteiger partial charge in [0.2, 0.25) is 0 Å². The maximum absolute atomic E-state index is 12.5. The molecule has 1 aromatic carbocycles. The number of aliphatic carboxylic acids is 1. The summed E-state index contributed by atoms with van der Waals surface area (Å²) in [5.74, 6) is -0.244. The predicted octanol–water partition coefficient (Wildman–Crippen LogP) is 1.74. The van der Waals surface area contributed by atoms with Crippen LogP contribution in [0.2, 0.25) is 0 Å². The van der Waals surface area contributed by atoms with E-state index < -0.39 is 11.9 Å². The van der Waals surface area contributed by atoms with Crippen molar-refractivity contribution in [2.24, 2.45) is 11.8 Å². The van der Waals surface area contributed by atoms with Gasteiger partial charge < -0.3 is 20.1 Å². The van der Waals surface area contributed by atoms with E-state index in [1.165, 1.54) is 0 Å². The molecule has 0 bridgehead atoms. The first-order valence-electron chi connectivity index (χ1n) is 8.02. The average molecular weight is 318 g/mol. The number of fused-ring (bicyclic) bond motifs is 1. The highest BCUT2D eigenvalue weighted by atomic mass is 16.5. The number of piperidine rings is 1. The molecule has 3 rings (SSSR count). The number of nitrogens with zero attached hydrogens (tertiary/aromatic N) is 1. The summed E-state index contributed by atoms with van der Waals surface area (Å²) in [6, 6.07) is 7.53. The van der Waals surface area contributed by atoms with Crippen LogP contribution in [0.4, 0.5) is 4.79 Å². The van der Waals surface area contributed by atoms with Crippen LogP contribution < -0.4 is 10.1 Å². The van der Waals surface area contributed by atoms with E-state index in [2.05, 4.69) is 5.32 Å². The molecular formula is C17H22N2O4. The molecule has 2 aliphatic heterocycles. The van der Waals surface area contributed by atoms with Crippen LogP contribution in [-0.4, -0.2) is 47.7 Å². The molecule has 1 fully saturated rings. The number of urea groups is 1. The number of carbonyl (C=O) groups excluding carboxylic acids is 1. The summed E-state index contributed by atoms with van der Waals surface area (Å²) >= 11 is 0. The number of nitrogens with one attached hydrogen (secondary N) is 1. The first kappa shape index (κ1) is 15.6. The maximum Gasteiger partial charge on any atom is 0.317 e. The highest BCUT2D eigenvalue weighted by molar-refractivity contribution is 5.77. The number of carboxylic acids is 1. The lowest BCUT2D eigenvalue weighted by Gasteiger charge is -2.36. The summed E-state index contributed by atoms with van der Waals surface area (Å²) in [4.78, 5) is 25.3. The summed E-state index contributed by atoms with van der Waals surface area (Å²) in [6.07, 6.45) is 1.35. The Bertz CT molecular complexity index is 604. The second kappa shape index (κ2) is 6.48. The van der Waals surface area contributed by atoms with Crippen LogP contribution >= 0.6 is 0 Å². The minimum Gasteiger partial charge on any atom is -0.491 e. The highest BCUT2D eigenvalue weighted by Gasteiger charge is 2.33. The van der Waals surface area contributed by atoms with Crippen LogP contribution in [0, 0.1) is 11.8 Å². The number of hydrogen-bond donors (Lipinski definition) is 2. The van der Waals surface area contributed by atoms with Gasteiger partial charge in [-0.05, 0) is 30.4 Å². The zero-order valence-electron chi connectivity index (χ0n) is 13.2. The third-order valence-corrected chi connectivity index (χ3v) is 4.50. The van der Waals surface area contributed by atoms with E-state index in [-0.39, 0.29) is 24.5 Å². The molecule has 124 valence electrons. The van der Waals surface area contributed by atoms with Crippen LogP contribution in [0.5, 0.6) is 5.75 Å². The lowest BCUT2D eigenvalue weighted by atomic mass is 9.91. The van der Waals surface area contributed by atoms with E-state index in [0.717, 1.165) is 17.7 Å². The Morgan fingerprint density at radius 1 is 1.30 bits per heavy atom. The molecule has 3 atom stereocenters. The van der Waals surface area contributed by atoms with Gasteiger partial charge in [0.15, 0.2) is 0 Å². The molecule has 23 heavy (non-hydrogen) atoms. The standard InChI is InChI=1S/C17H22N2O4/c1-11-6-13(16(20)21)9-19(8-11)17(22)18-14-7-12-4-2-3-5-15(12)23-10-14/h2-5,11,13-14H,6-10H2,1H3,(H,18,22)(H,20,21). The smallest absolute Gasteiger partial charge is 0.317 e. The number of rotatable bonds is 2. The molecule has 2 aliphatic rings. The van der Waals surface area contributed by atoms with Crippen molar-refractivity contribution in [1.29, 1.82) is 0 Å². The first-order valence-corrected chi connectivity index (χ1v) is 8.02. The van der Waals surface area contributed by atoms with Gasteiger partial charge in [0.25, 0.3) is 0 Å². The van der Waals surface area contributed by atoms with Crippen molar-refractivity contribution >= 4 is 12.0 Å². The monoisotopic (exact) mass is 318 g/mol. The molecule has 0 spiro atoms. The molecule has 2 N–H and O–H groups in total. The number of likely N-dealkylation sites (tertiary alicyclic amines) is 1. The quantitative estimate of drug-likeness (QED) is 0.870. The van der Waals surface area contributed by atoms with Gasteiger partial charge in [-0.1, -0.05) is 25.1 Å². The largest absolute Gasteiger partial charge is 0.491 e. The zero-order valence-corrected chi connectivity index (χ0v) is 13.2. The summed E-state index contributed by atoms with van der Waals surface area (Å²) in [5.41, 5.74) is 1.08. The van der Waals surface area contributed by atoms with Gasteiger partial charge in [-0.15, -0.1) is 0 Å². The normalized spacial score (nSPS) is 26.8. The lowest BCUT2D eigenvalue weighted by molar-refractivity contribution is -0.143. The molecule has 0 radical (unpaired) electrons. The number of hydrogen-bond acceptors (Lipinski definition) is 3. The Kier molecular flexibility index (Phi) is 4.41. The zero-order chi connectivity index (χ0) is 16.4. The van der Waals surface area contributed by atoms with E-state index in [4.69, 9.17) is 4.74 Å². The molecule has 0 saturated carbocycles. The van der Waals surface area contributed by atoms with Crippen molar-refractivity contribution in [1.82, 2.24) is 10.2 Å². The van der Waals surface area contributed by atoms with E-state index >= 15 is 0 Å². The Morgan fingerprint density at radius 2 is 2.09 bits per heavy atom. The van der Waals surface area contributed by atoms with Crippen LogP contribution in [0.25, 0.3) is 0 Å². The van der Waals surface area contributed by atoms with E-state index in [9.17, 15) is 14.7 Å². The summed E-state index contributed by atoms with van der Waals surface area (Å²) < 4.78 is 5.68. The van der Waals surface area contributed by atoms with Gasteiger partial charge in [0, 0.05) is 13.1 Å². The van der Waals surface area contributed by atoms with Crippen molar-refractivity contribution < 1.29 is 19.4 Å².